The van der Waals surface area contributed by atoms with E-state index >= 15 is 0 Å². The van der Waals surface area contributed by atoms with E-state index in [9.17, 15) is 14.7 Å². The molecule has 1 aromatic heterocycles. The van der Waals surface area contributed by atoms with Gasteiger partial charge in [-0.25, -0.2) is 4.98 Å². The predicted octanol–water partition coefficient (Wildman–Crippen LogP) is 2.41. The Morgan fingerprint density at radius 3 is 2.54 bits per heavy atom. The zero-order valence-electron chi connectivity index (χ0n) is 13.6. The first kappa shape index (κ1) is 17.7. The summed E-state index contributed by atoms with van der Waals surface area (Å²) in [5.74, 6) is -1.68. The summed E-state index contributed by atoms with van der Waals surface area (Å²) in [6.07, 6.45) is 1.46. The molecular formula is C17H18ClN3O3. The summed E-state index contributed by atoms with van der Waals surface area (Å²) in [6.45, 7) is 4.83. The maximum absolute atomic E-state index is 12.2. The fourth-order valence-corrected chi connectivity index (χ4v) is 2.26. The van der Waals surface area contributed by atoms with Crippen LogP contribution in [0.5, 0.6) is 5.75 Å². The van der Waals surface area contributed by atoms with Crippen LogP contribution in [-0.4, -0.2) is 27.4 Å². The lowest BCUT2D eigenvalue weighted by atomic mass is 10.0. The first-order valence-electron chi connectivity index (χ1n) is 7.20. The van der Waals surface area contributed by atoms with Crippen molar-refractivity contribution in [2.45, 2.75) is 26.3 Å². The van der Waals surface area contributed by atoms with Gasteiger partial charge in [0.1, 0.15) is 11.3 Å². The Kier molecular flexibility index (Phi) is 4.80. The number of nitrogens with zero attached hydrogens (tertiary/aromatic N) is 1. The number of benzene rings is 1. The van der Waals surface area contributed by atoms with Crippen LogP contribution in [0.25, 0.3) is 11.1 Å². The fraction of sp³-hybridized carbons (Fsp3) is 0.235. The number of nitrogens with two attached hydrogens (primary N) is 1. The van der Waals surface area contributed by atoms with E-state index in [0.717, 1.165) is 11.1 Å². The molecule has 0 aliphatic heterocycles. The van der Waals surface area contributed by atoms with Crippen LogP contribution in [0.15, 0.2) is 30.5 Å². The number of aryl methyl sites for hydroxylation is 1. The quantitative estimate of drug-likeness (QED) is 0.789. The second kappa shape index (κ2) is 6.49. The van der Waals surface area contributed by atoms with Gasteiger partial charge >= 0.3 is 0 Å². The molecule has 0 radical (unpaired) electrons. The third-order valence-electron chi connectivity index (χ3n) is 3.64. The van der Waals surface area contributed by atoms with Gasteiger partial charge in [-0.15, -0.1) is 0 Å². The number of hydrogen-bond acceptors (Lipinski definition) is 4. The van der Waals surface area contributed by atoms with E-state index in [-0.39, 0.29) is 11.4 Å². The summed E-state index contributed by atoms with van der Waals surface area (Å²) < 4.78 is 0. The predicted molar refractivity (Wildman–Crippen MR) is 91.8 cm³/mol. The Morgan fingerprint density at radius 1 is 1.29 bits per heavy atom. The van der Waals surface area contributed by atoms with Crippen molar-refractivity contribution in [1.82, 2.24) is 10.3 Å². The number of primary amides is 1. The maximum atomic E-state index is 12.2. The van der Waals surface area contributed by atoms with Gasteiger partial charge in [0.2, 0.25) is 5.91 Å². The molecule has 6 nitrogen and oxygen atoms in total. The lowest BCUT2D eigenvalue weighted by Gasteiger charge is -2.22. The fourth-order valence-electron chi connectivity index (χ4n) is 2.09. The molecule has 0 spiro atoms. The van der Waals surface area contributed by atoms with Gasteiger partial charge in [0.15, 0.2) is 5.69 Å². The largest absolute Gasteiger partial charge is 0.505 e. The Morgan fingerprint density at radius 2 is 1.96 bits per heavy atom. The van der Waals surface area contributed by atoms with Gasteiger partial charge < -0.3 is 16.2 Å². The van der Waals surface area contributed by atoms with Crippen molar-refractivity contribution >= 4 is 23.4 Å². The first-order chi connectivity index (χ1) is 11.1. The molecule has 0 atom stereocenters. The molecule has 0 aliphatic rings. The van der Waals surface area contributed by atoms with Gasteiger partial charge in [0.05, 0.1) is 0 Å². The van der Waals surface area contributed by atoms with Gasteiger partial charge in [-0.05, 0) is 50.1 Å². The zero-order chi connectivity index (χ0) is 18.1. The van der Waals surface area contributed by atoms with Crippen LogP contribution in [0.4, 0.5) is 0 Å². The average Bonchev–Trinajstić information content (AvgIpc) is 2.48. The Bertz CT molecular complexity index is 819. The number of halogens is 1. The number of rotatable bonds is 4. The number of amides is 2. The SMILES string of the molecule is Cc1ccc(Cl)cc1-c1cnc(C(=O)NC(C)(C)C(N)=O)c(O)c1. The molecule has 7 heteroatoms. The summed E-state index contributed by atoms with van der Waals surface area (Å²) in [7, 11) is 0. The summed E-state index contributed by atoms with van der Waals surface area (Å²) in [6, 6.07) is 6.80. The van der Waals surface area contributed by atoms with Crippen LogP contribution in [0.2, 0.25) is 5.02 Å². The van der Waals surface area contributed by atoms with E-state index in [1.165, 1.54) is 26.1 Å². The maximum Gasteiger partial charge on any atom is 0.274 e. The molecule has 2 amide bonds. The van der Waals surface area contributed by atoms with Crippen molar-refractivity contribution in [3.63, 3.8) is 0 Å². The smallest absolute Gasteiger partial charge is 0.274 e. The van der Waals surface area contributed by atoms with Crippen LogP contribution in [0, 0.1) is 6.92 Å². The van der Waals surface area contributed by atoms with Crippen LogP contribution in [0.1, 0.15) is 29.9 Å². The molecule has 0 fully saturated rings. The van der Waals surface area contributed by atoms with Crippen molar-refractivity contribution in [1.29, 1.82) is 0 Å². The van der Waals surface area contributed by atoms with Crippen molar-refractivity contribution < 1.29 is 14.7 Å². The summed E-state index contributed by atoms with van der Waals surface area (Å²) in [5, 5.41) is 13.1. The Balaban J connectivity index is 2.35. The molecular weight excluding hydrogens is 330 g/mol. The normalized spacial score (nSPS) is 11.2. The van der Waals surface area contributed by atoms with Gasteiger partial charge in [0.25, 0.3) is 5.91 Å². The van der Waals surface area contributed by atoms with E-state index in [1.54, 1.807) is 12.1 Å². The highest BCUT2D eigenvalue weighted by Crippen LogP contribution is 2.29. The second-order valence-corrected chi connectivity index (χ2v) is 6.43. The van der Waals surface area contributed by atoms with Crippen molar-refractivity contribution in [2.75, 3.05) is 0 Å². The molecule has 0 unspecified atom stereocenters. The number of carbonyl (C=O) groups is 2. The van der Waals surface area contributed by atoms with E-state index < -0.39 is 17.4 Å². The molecule has 0 bridgehead atoms. The molecule has 0 saturated heterocycles. The number of nitrogens with one attached hydrogen (secondary N) is 1. The topological polar surface area (TPSA) is 105 Å². The van der Waals surface area contributed by atoms with Crippen molar-refractivity contribution in [3.05, 3.63) is 46.7 Å². The number of carbonyl (C=O) groups excluding carboxylic acids is 2. The lowest BCUT2D eigenvalue weighted by Crippen LogP contribution is -2.53. The van der Waals surface area contributed by atoms with Crippen molar-refractivity contribution in [2.24, 2.45) is 5.73 Å². The molecule has 2 aromatic rings. The standard InChI is InChI=1S/C17H18ClN3O3/c1-9-4-5-11(18)7-12(9)10-6-13(22)14(20-8-10)15(23)21-17(2,3)16(19)24/h4-8,22H,1-3H3,(H2,19,24)(H,21,23). The highest BCUT2D eigenvalue weighted by atomic mass is 35.5. The monoisotopic (exact) mass is 347 g/mol. The van der Waals surface area contributed by atoms with E-state index in [0.29, 0.717) is 10.6 Å². The molecule has 24 heavy (non-hydrogen) atoms. The summed E-state index contributed by atoms with van der Waals surface area (Å²) >= 11 is 6.00. The van der Waals surface area contributed by atoms with Gasteiger partial charge in [-0.3, -0.25) is 9.59 Å². The van der Waals surface area contributed by atoms with E-state index in [4.69, 9.17) is 17.3 Å². The summed E-state index contributed by atoms with van der Waals surface area (Å²) in [5.41, 5.74) is 6.15. The number of aromatic nitrogens is 1. The highest BCUT2D eigenvalue weighted by Gasteiger charge is 2.29. The molecule has 0 saturated carbocycles. The number of pyridine rings is 1. The second-order valence-electron chi connectivity index (χ2n) is 5.99. The van der Waals surface area contributed by atoms with Gasteiger partial charge in [-0.1, -0.05) is 17.7 Å². The van der Waals surface area contributed by atoms with Gasteiger partial charge in [-0.2, -0.15) is 0 Å². The zero-order valence-corrected chi connectivity index (χ0v) is 14.3. The number of aromatic hydroxyl groups is 1. The van der Waals surface area contributed by atoms with Crippen LogP contribution in [0.3, 0.4) is 0 Å². The third kappa shape index (κ3) is 3.65. The minimum Gasteiger partial charge on any atom is -0.505 e. The van der Waals surface area contributed by atoms with Crippen LogP contribution >= 0.6 is 11.6 Å². The summed E-state index contributed by atoms with van der Waals surface area (Å²) in [4.78, 5) is 27.5. The van der Waals surface area contributed by atoms with E-state index in [1.807, 2.05) is 13.0 Å². The van der Waals surface area contributed by atoms with Crippen LogP contribution < -0.4 is 11.1 Å². The molecule has 2 rings (SSSR count). The van der Waals surface area contributed by atoms with Crippen molar-refractivity contribution in [3.8, 4) is 16.9 Å². The number of hydrogen-bond donors (Lipinski definition) is 3. The minimum absolute atomic E-state index is 0.187. The molecule has 1 aromatic carbocycles. The molecule has 126 valence electrons. The first-order valence-corrected chi connectivity index (χ1v) is 7.57. The molecule has 0 aliphatic carbocycles. The van der Waals surface area contributed by atoms with E-state index in [2.05, 4.69) is 10.3 Å². The minimum atomic E-state index is -1.26. The Labute approximate surface area is 144 Å². The highest BCUT2D eigenvalue weighted by molar-refractivity contribution is 6.30. The molecule has 1 heterocycles. The van der Waals surface area contributed by atoms with Gasteiger partial charge in [0, 0.05) is 16.8 Å². The lowest BCUT2D eigenvalue weighted by molar-refractivity contribution is -0.122. The third-order valence-corrected chi connectivity index (χ3v) is 3.87. The Hall–Kier alpha value is -2.60. The van der Waals surface area contributed by atoms with Crippen LogP contribution in [-0.2, 0) is 4.79 Å². The average molecular weight is 348 g/mol. The molecule has 4 N–H and O–H groups in total.